The number of carbonyl (C=O) groups excluding carboxylic acids is 1. The smallest absolute Gasteiger partial charge is 0.233 e. The van der Waals surface area contributed by atoms with Gasteiger partial charge in [0.15, 0.2) is 0 Å². The van der Waals surface area contributed by atoms with Crippen LogP contribution in [0.15, 0.2) is 0 Å². The van der Waals surface area contributed by atoms with E-state index >= 15 is 0 Å². The fourth-order valence-corrected chi connectivity index (χ4v) is 1.20. The largest absolute Gasteiger partial charge is 0.279 e. The molecule has 3 heteroatoms. The lowest BCUT2D eigenvalue weighted by molar-refractivity contribution is -0.141. The molecule has 10 heavy (non-hydrogen) atoms. The average molecular weight is 142 g/mol. The van der Waals surface area contributed by atoms with Crippen molar-refractivity contribution in [3.63, 3.8) is 0 Å². The number of hydrogen-bond donors (Lipinski definition) is 0. The molecular formula is C7H14N2O. The highest BCUT2D eigenvalue weighted by Gasteiger charge is 2.17. The molecule has 1 aliphatic rings. The summed E-state index contributed by atoms with van der Waals surface area (Å²) in [5.74, 6) is 0.127. The van der Waals surface area contributed by atoms with E-state index in [2.05, 4.69) is 5.01 Å². The Labute approximate surface area is 61.6 Å². The van der Waals surface area contributed by atoms with Gasteiger partial charge in [0.25, 0.3) is 0 Å². The zero-order valence-electron chi connectivity index (χ0n) is 6.63. The number of nitrogens with zero attached hydrogens (tertiary/aromatic N) is 2. The molecule has 1 fully saturated rings. The second-order valence-corrected chi connectivity index (χ2v) is 2.70. The van der Waals surface area contributed by atoms with E-state index in [1.807, 2.05) is 7.05 Å². The Hall–Kier alpha value is -0.570. The highest BCUT2D eigenvalue weighted by molar-refractivity contribution is 5.72. The second-order valence-electron chi connectivity index (χ2n) is 2.70. The maximum Gasteiger partial charge on any atom is 0.233 e. The standard InChI is InChI=1S/C7H14N2O/c1-7(10)8(2)9-5-3-4-6-9/h3-6H2,1-2H3. The van der Waals surface area contributed by atoms with E-state index in [9.17, 15) is 4.79 Å². The summed E-state index contributed by atoms with van der Waals surface area (Å²) < 4.78 is 0. The topological polar surface area (TPSA) is 23.6 Å². The van der Waals surface area contributed by atoms with Gasteiger partial charge in [0, 0.05) is 27.1 Å². The van der Waals surface area contributed by atoms with Crippen LogP contribution in [0.3, 0.4) is 0 Å². The molecule has 0 aromatic carbocycles. The fraction of sp³-hybridized carbons (Fsp3) is 0.857. The van der Waals surface area contributed by atoms with Crippen LogP contribution in [0.2, 0.25) is 0 Å². The second kappa shape index (κ2) is 3.01. The highest BCUT2D eigenvalue weighted by Crippen LogP contribution is 2.08. The van der Waals surface area contributed by atoms with Crippen molar-refractivity contribution in [1.29, 1.82) is 0 Å². The molecular weight excluding hydrogens is 128 g/mol. The quantitative estimate of drug-likeness (QED) is 0.531. The zero-order valence-corrected chi connectivity index (χ0v) is 6.63. The first-order valence-electron chi connectivity index (χ1n) is 3.71. The van der Waals surface area contributed by atoms with Crippen molar-refractivity contribution < 1.29 is 4.79 Å². The summed E-state index contributed by atoms with van der Waals surface area (Å²) >= 11 is 0. The van der Waals surface area contributed by atoms with Crippen LogP contribution in [0.4, 0.5) is 0 Å². The van der Waals surface area contributed by atoms with Gasteiger partial charge in [-0.25, -0.2) is 5.01 Å². The number of hydrazine groups is 1. The van der Waals surface area contributed by atoms with Crippen molar-refractivity contribution in [1.82, 2.24) is 10.0 Å². The number of amides is 1. The Bertz CT molecular complexity index is 130. The van der Waals surface area contributed by atoms with E-state index in [4.69, 9.17) is 0 Å². The van der Waals surface area contributed by atoms with Crippen LogP contribution in [-0.4, -0.2) is 36.1 Å². The Morgan fingerprint density at radius 3 is 2.30 bits per heavy atom. The summed E-state index contributed by atoms with van der Waals surface area (Å²) in [5.41, 5.74) is 0. The first kappa shape index (κ1) is 7.54. The van der Waals surface area contributed by atoms with Crippen molar-refractivity contribution in [2.75, 3.05) is 20.1 Å². The maximum absolute atomic E-state index is 10.8. The monoisotopic (exact) mass is 142 g/mol. The summed E-state index contributed by atoms with van der Waals surface area (Å²) in [6, 6.07) is 0. The lowest BCUT2D eigenvalue weighted by Gasteiger charge is -2.25. The lowest BCUT2D eigenvalue weighted by Crippen LogP contribution is -2.40. The molecule has 0 bridgehead atoms. The van der Waals surface area contributed by atoms with Crippen molar-refractivity contribution in [3.8, 4) is 0 Å². The molecule has 0 atom stereocenters. The van der Waals surface area contributed by atoms with Crippen molar-refractivity contribution in [2.24, 2.45) is 0 Å². The Kier molecular flexibility index (Phi) is 2.27. The summed E-state index contributed by atoms with van der Waals surface area (Å²) in [7, 11) is 1.83. The molecule has 1 heterocycles. The molecule has 0 aliphatic carbocycles. The lowest BCUT2D eigenvalue weighted by atomic mass is 10.4. The first-order chi connectivity index (χ1) is 4.72. The van der Waals surface area contributed by atoms with Gasteiger partial charge < -0.3 is 0 Å². The molecule has 3 nitrogen and oxygen atoms in total. The Balaban J connectivity index is 2.39. The van der Waals surface area contributed by atoms with Crippen LogP contribution in [-0.2, 0) is 4.79 Å². The Morgan fingerprint density at radius 1 is 1.40 bits per heavy atom. The van der Waals surface area contributed by atoms with Gasteiger partial charge in [0.2, 0.25) is 5.91 Å². The van der Waals surface area contributed by atoms with E-state index in [1.165, 1.54) is 12.8 Å². The van der Waals surface area contributed by atoms with Crippen molar-refractivity contribution in [3.05, 3.63) is 0 Å². The van der Waals surface area contributed by atoms with Crippen LogP contribution in [0.25, 0.3) is 0 Å². The van der Waals surface area contributed by atoms with E-state index < -0.39 is 0 Å². The minimum absolute atomic E-state index is 0.127. The van der Waals surface area contributed by atoms with E-state index in [1.54, 1.807) is 11.9 Å². The number of hydrogen-bond acceptors (Lipinski definition) is 2. The van der Waals surface area contributed by atoms with Crippen LogP contribution in [0.1, 0.15) is 19.8 Å². The van der Waals surface area contributed by atoms with Gasteiger partial charge in [0.1, 0.15) is 0 Å². The van der Waals surface area contributed by atoms with Crippen LogP contribution < -0.4 is 0 Å². The maximum atomic E-state index is 10.8. The third kappa shape index (κ3) is 1.48. The molecule has 1 aliphatic heterocycles. The van der Waals surface area contributed by atoms with Crippen LogP contribution >= 0.6 is 0 Å². The summed E-state index contributed by atoms with van der Waals surface area (Å²) in [6.45, 7) is 3.67. The third-order valence-electron chi connectivity index (χ3n) is 1.96. The fourth-order valence-electron chi connectivity index (χ4n) is 1.20. The Morgan fingerprint density at radius 2 is 1.90 bits per heavy atom. The van der Waals surface area contributed by atoms with E-state index in [-0.39, 0.29) is 5.91 Å². The van der Waals surface area contributed by atoms with Crippen LogP contribution in [0.5, 0.6) is 0 Å². The minimum atomic E-state index is 0.127. The van der Waals surface area contributed by atoms with Gasteiger partial charge in [-0.05, 0) is 12.8 Å². The van der Waals surface area contributed by atoms with Crippen molar-refractivity contribution in [2.45, 2.75) is 19.8 Å². The normalized spacial score (nSPS) is 19.4. The van der Waals surface area contributed by atoms with Gasteiger partial charge in [-0.1, -0.05) is 0 Å². The molecule has 0 spiro atoms. The molecule has 0 aromatic heterocycles. The molecule has 0 N–H and O–H groups in total. The molecule has 0 aromatic rings. The predicted molar refractivity (Wildman–Crippen MR) is 39.3 cm³/mol. The minimum Gasteiger partial charge on any atom is -0.279 e. The van der Waals surface area contributed by atoms with Gasteiger partial charge in [-0.15, -0.1) is 0 Å². The molecule has 1 amide bonds. The zero-order chi connectivity index (χ0) is 7.56. The first-order valence-corrected chi connectivity index (χ1v) is 3.71. The molecule has 1 rings (SSSR count). The summed E-state index contributed by atoms with van der Waals surface area (Å²) in [5, 5.41) is 3.79. The highest BCUT2D eigenvalue weighted by atomic mass is 16.2. The predicted octanol–water partition coefficient (Wildman–Crippen LogP) is 0.475. The van der Waals surface area contributed by atoms with Gasteiger partial charge >= 0.3 is 0 Å². The van der Waals surface area contributed by atoms with E-state index in [0.717, 1.165) is 13.1 Å². The van der Waals surface area contributed by atoms with Gasteiger partial charge in [-0.2, -0.15) is 0 Å². The van der Waals surface area contributed by atoms with Crippen LogP contribution in [0, 0.1) is 0 Å². The molecule has 1 saturated heterocycles. The number of rotatable bonds is 1. The van der Waals surface area contributed by atoms with Gasteiger partial charge in [-0.3, -0.25) is 9.80 Å². The molecule has 0 radical (unpaired) electrons. The average Bonchev–Trinajstić information content (AvgIpc) is 2.36. The molecule has 0 unspecified atom stereocenters. The third-order valence-corrected chi connectivity index (χ3v) is 1.96. The molecule has 58 valence electrons. The summed E-state index contributed by atoms with van der Waals surface area (Å²) in [6.07, 6.45) is 2.44. The summed E-state index contributed by atoms with van der Waals surface area (Å²) in [4.78, 5) is 10.8. The van der Waals surface area contributed by atoms with Crippen molar-refractivity contribution >= 4 is 5.91 Å². The van der Waals surface area contributed by atoms with Gasteiger partial charge in [0.05, 0.1) is 0 Å². The van der Waals surface area contributed by atoms with E-state index in [0.29, 0.717) is 0 Å². The molecule has 0 saturated carbocycles. The number of carbonyl (C=O) groups is 1. The SMILES string of the molecule is CC(=O)N(C)N1CCCC1.